The smallest absolute Gasteiger partial charge is 0.321 e. The van der Waals surface area contributed by atoms with Gasteiger partial charge >= 0.3 is 5.97 Å². The van der Waals surface area contributed by atoms with Gasteiger partial charge < -0.3 is 5.11 Å². The van der Waals surface area contributed by atoms with Gasteiger partial charge in [-0.05, 0) is 37.9 Å². The Balaban J connectivity index is 2.20. The third-order valence-electron chi connectivity index (χ3n) is 10.6. The molecular formula is C45H83NO2. The van der Waals surface area contributed by atoms with E-state index >= 15 is 0 Å². The van der Waals surface area contributed by atoms with Crippen LogP contribution in [-0.2, 0) is 11.2 Å². The van der Waals surface area contributed by atoms with Crippen LogP contribution < -0.4 is 0 Å². The van der Waals surface area contributed by atoms with E-state index in [1.54, 1.807) is 0 Å². The van der Waals surface area contributed by atoms with Crippen molar-refractivity contribution in [2.75, 3.05) is 13.1 Å². The number of hydrogen-bond donors (Lipinski definition) is 1. The number of nitrogens with zero attached hydrogens (tertiary/aromatic N) is 1. The van der Waals surface area contributed by atoms with E-state index in [0.29, 0.717) is 6.42 Å². The largest absolute Gasteiger partial charge is 0.480 e. The highest BCUT2D eigenvalue weighted by Crippen LogP contribution is 2.18. The van der Waals surface area contributed by atoms with Crippen LogP contribution in [0.2, 0.25) is 0 Å². The maximum absolute atomic E-state index is 12.4. The monoisotopic (exact) mass is 670 g/mol. The first kappa shape index (κ1) is 44.7. The standard InChI is InChI=1S/C45H83NO2/c1-3-5-7-9-11-13-15-17-19-21-23-25-27-29-31-36-40-46(44(45(47)48)42-43-38-34-33-35-39-43)41-37-32-30-28-26-24-22-20-18-16-14-12-10-8-6-4-2/h33-35,38-39,44H,3-32,36-37,40-42H2,1-2H3,(H,47,48)/t44-/m0/s1. The minimum Gasteiger partial charge on any atom is -0.480 e. The van der Waals surface area contributed by atoms with Gasteiger partial charge in [-0.2, -0.15) is 0 Å². The second-order valence-corrected chi connectivity index (χ2v) is 15.2. The number of carboxylic acid groups (broad SMARTS) is 1. The summed E-state index contributed by atoms with van der Waals surface area (Å²) in [6.45, 7) is 6.42. The molecule has 1 rings (SSSR count). The van der Waals surface area contributed by atoms with Crippen molar-refractivity contribution in [1.82, 2.24) is 4.90 Å². The Morgan fingerprint density at radius 2 is 0.729 bits per heavy atom. The molecule has 0 aliphatic heterocycles. The molecule has 1 N–H and O–H groups in total. The molecule has 0 radical (unpaired) electrons. The lowest BCUT2D eigenvalue weighted by Crippen LogP contribution is -2.43. The zero-order valence-electron chi connectivity index (χ0n) is 32.5. The quantitative estimate of drug-likeness (QED) is 0.0712. The second kappa shape index (κ2) is 35.5. The number of aliphatic carboxylic acids is 1. The molecule has 0 spiro atoms. The lowest BCUT2D eigenvalue weighted by atomic mass is 10.0. The van der Waals surface area contributed by atoms with Crippen LogP contribution in [0, 0.1) is 0 Å². The number of benzene rings is 1. The summed E-state index contributed by atoms with van der Waals surface area (Å²) in [5, 5.41) is 10.2. The van der Waals surface area contributed by atoms with Crippen molar-refractivity contribution in [2.24, 2.45) is 0 Å². The predicted octanol–water partition coefficient (Wildman–Crippen LogP) is 14.5. The fraction of sp³-hybridized carbons (Fsp3) is 0.844. The maximum Gasteiger partial charge on any atom is 0.321 e. The van der Waals surface area contributed by atoms with E-state index in [-0.39, 0.29) is 0 Å². The van der Waals surface area contributed by atoms with Gasteiger partial charge in [-0.25, -0.2) is 0 Å². The van der Waals surface area contributed by atoms with Gasteiger partial charge in [0.2, 0.25) is 0 Å². The van der Waals surface area contributed by atoms with Crippen LogP contribution in [0.1, 0.15) is 225 Å². The zero-order chi connectivity index (χ0) is 34.6. The highest BCUT2D eigenvalue weighted by Gasteiger charge is 2.25. The molecule has 48 heavy (non-hydrogen) atoms. The van der Waals surface area contributed by atoms with Crippen LogP contribution in [0.4, 0.5) is 0 Å². The summed E-state index contributed by atoms with van der Waals surface area (Å²) >= 11 is 0. The number of unbranched alkanes of at least 4 members (excludes halogenated alkanes) is 30. The van der Waals surface area contributed by atoms with Gasteiger partial charge in [0.05, 0.1) is 0 Å². The van der Waals surface area contributed by atoms with Crippen LogP contribution in [0.3, 0.4) is 0 Å². The van der Waals surface area contributed by atoms with Crippen molar-refractivity contribution in [1.29, 1.82) is 0 Å². The van der Waals surface area contributed by atoms with Gasteiger partial charge in [0.1, 0.15) is 6.04 Å². The molecule has 0 aromatic heterocycles. The summed E-state index contributed by atoms with van der Waals surface area (Å²) in [5.41, 5.74) is 1.13. The van der Waals surface area contributed by atoms with E-state index < -0.39 is 12.0 Å². The Bertz CT molecular complexity index is 744. The molecule has 280 valence electrons. The van der Waals surface area contributed by atoms with Gasteiger partial charge in [-0.1, -0.05) is 237 Å². The topological polar surface area (TPSA) is 40.5 Å². The minimum absolute atomic E-state index is 0.417. The average molecular weight is 670 g/mol. The van der Waals surface area contributed by atoms with Gasteiger partial charge in [0.25, 0.3) is 0 Å². The molecule has 3 heteroatoms. The highest BCUT2D eigenvalue weighted by atomic mass is 16.4. The lowest BCUT2D eigenvalue weighted by Gasteiger charge is -2.29. The van der Waals surface area contributed by atoms with E-state index in [4.69, 9.17) is 0 Å². The molecule has 0 aliphatic carbocycles. The molecule has 0 saturated heterocycles. The van der Waals surface area contributed by atoms with E-state index in [1.807, 2.05) is 18.2 Å². The lowest BCUT2D eigenvalue weighted by molar-refractivity contribution is -0.143. The summed E-state index contributed by atoms with van der Waals surface area (Å²) in [6.07, 6.45) is 44.5. The zero-order valence-corrected chi connectivity index (χ0v) is 32.5. The molecule has 1 aromatic carbocycles. The van der Waals surface area contributed by atoms with E-state index in [2.05, 4.69) is 30.9 Å². The Morgan fingerprint density at radius 3 is 1.00 bits per heavy atom. The number of carboxylic acids is 1. The minimum atomic E-state index is -0.660. The number of carbonyl (C=O) groups is 1. The van der Waals surface area contributed by atoms with E-state index in [9.17, 15) is 9.90 Å². The molecule has 0 heterocycles. The highest BCUT2D eigenvalue weighted by molar-refractivity contribution is 5.74. The predicted molar refractivity (Wildman–Crippen MR) is 212 cm³/mol. The van der Waals surface area contributed by atoms with Gasteiger partial charge in [-0.15, -0.1) is 0 Å². The van der Waals surface area contributed by atoms with Crippen LogP contribution in [0.5, 0.6) is 0 Å². The molecule has 1 atom stereocenters. The SMILES string of the molecule is CCCCCCCCCCCCCCCCCCN(CCCCCCCCCCCCCCCCCC)[C@@H](Cc1ccccc1)C(=O)O. The number of rotatable bonds is 38. The van der Waals surface area contributed by atoms with Crippen molar-refractivity contribution < 1.29 is 9.90 Å². The molecule has 0 fully saturated rings. The van der Waals surface area contributed by atoms with Crippen LogP contribution in [0.25, 0.3) is 0 Å². The van der Waals surface area contributed by atoms with E-state index in [1.165, 1.54) is 193 Å². The first-order valence-corrected chi connectivity index (χ1v) is 21.7. The van der Waals surface area contributed by atoms with Gasteiger partial charge in [0.15, 0.2) is 0 Å². The summed E-state index contributed by atoms with van der Waals surface area (Å²) in [5.74, 6) is -0.660. The Morgan fingerprint density at radius 1 is 0.458 bits per heavy atom. The van der Waals surface area contributed by atoms with Crippen molar-refractivity contribution in [3.05, 3.63) is 35.9 Å². The van der Waals surface area contributed by atoms with Gasteiger partial charge in [0, 0.05) is 0 Å². The van der Waals surface area contributed by atoms with E-state index in [0.717, 1.165) is 31.5 Å². The first-order valence-electron chi connectivity index (χ1n) is 21.7. The second-order valence-electron chi connectivity index (χ2n) is 15.2. The van der Waals surface area contributed by atoms with Crippen molar-refractivity contribution in [2.45, 2.75) is 232 Å². The average Bonchev–Trinajstić information content (AvgIpc) is 3.09. The fourth-order valence-corrected chi connectivity index (χ4v) is 7.36. The van der Waals surface area contributed by atoms with Gasteiger partial charge in [-0.3, -0.25) is 9.69 Å². The summed E-state index contributed by atoms with van der Waals surface area (Å²) in [7, 11) is 0. The van der Waals surface area contributed by atoms with Crippen LogP contribution in [-0.4, -0.2) is 35.1 Å². The third kappa shape index (κ3) is 28.5. The van der Waals surface area contributed by atoms with Crippen molar-refractivity contribution >= 4 is 5.97 Å². The molecular weight excluding hydrogens is 587 g/mol. The summed E-state index contributed by atoms with van der Waals surface area (Å²) < 4.78 is 0. The summed E-state index contributed by atoms with van der Waals surface area (Å²) in [4.78, 5) is 14.8. The molecule has 0 bridgehead atoms. The molecule has 1 aromatic rings. The van der Waals surface area contributed by atoms with Crippen molar-refractivity contribution in [3.63, 3.8) is 0 Å². The molecule has 3 nitrogen and oxygen atoms in total. The molecule has 0 saturated carbocycles. The Labute approximate surface area is 300 Å². The van der Waals surface area contributed by atoms with Crippen LogP contribution >= 0.6 is 0 Å². The molecule has 0 amide bonds. The Kier molecular flexibility index (Phi) is 33.0. The normalized spacial score (nSPS) is 12.2. The van der Waals surface area contributed by atoms with Crippen molar-refractivity contribution in [3.8, 4) is 0 Å². The van der Waals surface area contributed by atoms with Crippen LogP contribution in [0.15, 0.2) is 30.3 Å². The maximum atomic E-state index is 12.4. The third-order valence-corrected chi connectivity index (χ3v) is 10.6. The summed E-state index contributed by atoms with van der Waals surface area (Å²) in [6, 6.07) is 9.83. The fourth-order valence-electron chi connectivity index (χ4n) is 7.36. The number of hydrogen-bond acceptors (Lipinski definition) is 2. The Hall–Kier alpha value is -1.35. The molecule has 0 aliphatic rings. The first-order chi connectivity index (χ1) is 23.7. The molecule has 0 unspecified atom stereocenters.